The number of hydrogen-bond donors (Lipinski definition) is 2. The lowest BCUT2D eigenvalue weighted by Crippen LogP contribution is -2.45. The summed E-state index contributed by atoms with van der Waals surface area (Å²) >= 11 is 0. The SMILES string of the molecule is CC[C@H](N)C(=O)N(CC)CC(C)C(=O)O. The van der Waals surface area contributed by atoms with E-state index in [-0.39, 0.29) is 12.5 Å². The van der Waals surface area contributed by atoms with Crippen LogP contribution in [0, 0.1) is 5.92 Å². The number of carbonyl (C=O) groups excluding carboxylic acids is 1. The number of carbonyl (C=O) groups is 2. The Kier molecular flexibility index (Phi) is 5.93. The van der Waals surface area contributed by atoms with Crippen LogP contribution in [0.4, 0.5) is 0 Å². The molecular formula is C10H20N2O3. The first-order valence-electron chi connectivity index (χ1n) is 5.21. The number of nitrogens with two attached hydrogens (primary N) is 1. The molecule has 1 unspecified atom stereocenters. The molecular weight excluding hydrogens is 196 g/mol. The molecule has 0 aliphatic rings. The predicted molar refractivity (Wildman–Crippen MR) is 57.3 cm³/mol. The second-order valence-electron chi connectivity index (χ2n) is 3.63. The molecule has 0 bridgehead atoms. The van der Waals surface area contributed by atoms with E-state index >= 15 is 0 Å². The Bertz CT molecular complexity index is 231. The van der Waals surface area contributed by atoms with E-state index < -0.39 is 17.9 Å². The van der Waals surface area contributed by atoms with Gasteiger partial charge in [-0.2, -0.15) is 0 Å². The second kappa shape index (κ2) is 6.40. The fourth-order valence-corrected chi connectivity index (χ4v) is 1.19. The van der Waals surface area contributed by atoms with Crippen molar-refractivity contribution < 1.29 is 14.7 Å². The van der Waals surface area contributed by atoms with Crippen molar-refractivity contribution in [2.75, 3.05) is 13.1 Å². The molecule has 3 N–H and O–H groups in total. The average molecular weight is 216 g/mol. The lowest BCUT2D eigenvalue weighted by Gasteiger charge is -2.25. The third-order valence-electron chi connectivity index (χ3n) is 2.37. The van der Waals surface area contributed by atoms with E-state index in [2.05, 4.69) is 0 Å². The summed E-state index contributed by atoms with van der Waals surface area (Å²) < 4.78 is 0. The highest BCUT2D eigenvalue weighted by atomic mass is 16.4. The van der Waals surface area contributed by atoms with Crippen molar-refractivity contribution in [1.82, 2.24) is 4.90 Å². The molecule has 0 aromatic carbocycles. The summed E-state index contributed by atoms with van der Waals surface area (Å²) in [6.07, 6.45) is 0.566. The number of carboxylic acid groups (broad SMARTS) is 1. The third kappa shape index (κ3) is 4.29. The molecule has 0 aromatic rings. The van der Waals surface area contributed by atoms with Crippen LogP contribution >= 0.6 is 0 Å². The highest BCUT2D eigenvalue weighted by molar-refractivity contribution is 5.82. The van der Waals surface area contributed by atoms with Crippen LogP contribution in [0.3, 0.4) is 0 Å². The Morgan fingerprint density at radius 2 is 1.93 bits per heavy atom. The van der Waals surface area contributed by atoms with Crippen molar-refractivity contribution in [2.24, 2.45) is 11.7 Å². The van der Waals surface area contributed by atoms with Crippen molar-refractivity contribution in [3.8, 4) is 0 Å². The predicted octanol–water partition coefficient (Wildman–Crippen LogP) is 0.293. The van der Waals surface area contributed by atoms with Crippen LogP contribution in [-0.2, 0) is 9.59 Å². The first kappa shape index (κ1) is 13.9. The van der Waals surface area contributed by atoms with Gasteiger partial charge in [0.1, 0.15) is 0 Å². The van der Waals surface area contributed by atoms with Gasteiger partial charge in [-0.15, -0.1) is 0 Å². The van der Waals surface area contributed by atoms with Gasteiger partial charge in [0.25, 0.3) is 0 Å². The number of carboxylic acids is 1. The van der Waals surface area contributed by atoms with E-state index in [1.165, 1.54) is 4.90 Å². The van der Waals surface area contributed by atoms with Gasteiger partial charge < -0.3 is 15.7 Å². The minimum absolute atomic E-state index is 0.173. The molecule has 2 atom stereocenters. The van der Waals surface area contributed by atoms with Gasteiger partial charge in [0.15, 0.2) is 0 Å². The van der Waals surface area contributed by atoms with Crippen molar-refractivity contribution in [3.05, 3.63) is 0 Å². The minimum atomic E-state index is -0.897. The summed E-state index contributed by atoms with van der Waals surface area (Å²) in [6.45, 7) is 5.93. The fourth-order valence-electron chi connectivity index (χ4n) is 1.19. The summed E-state index contributed by atoms with van der Waals surface area (Å²) in [4.78, 5) is 23.8. The number of amides is 1. The average Bonchev–Trinajstić information content (AvgIpc) is 2.23. The van der Waals surface area contributed by atoms with E-state index in [0.29, 0.717) is 13.0 Å². The molecule has 0 aromatic heterocycles. The third-order valence-corrected chi connectivity index (χ3v) is 2.37. The first-order valence-corrected chi connectivity index (χ1v) is 5.21. The molecule has 0 rings (SSSR count). The van der Waals surface area contributed by atoms with Crippen LogP contribution < -0.4 is 5.73 Å². The van der Waals surface area contributed by atoms with E-state index in [0.717, 1.165) is 0 Å². The topological polar surface area (TPSA) is 83.6 Å². The lowest BCUT2D eigenvalue weighted by molar-refractivity contribution is -0.143. The van der Waals surface area contributed by atoms with Gasteiger partial charge in [-0.05, 0) is 13.3 Å². The number of likely N-dealkylation sites (N-methyl/N-ethyl adjacent to an activating group) is 1. The van der Waals surface area contributed by atoms with Gasteiger partial charge in [-0.3, -0.25) is 9.59 Å². The van der Waals surface area contributed by atoms with Crippen LogP contribution in [0.5, 0.6) is 0 Å². The van der Waals surface area contributed by atoms with Crippen molar-refractivity contribution >= 4 is 11.9 Å². The van der Waals surface area contributed by atoms with E-state index in [4.69, 9.17) is 10.8 Å². The maximum atomic E-state index is 11.7. The molecule has 5 nitrogen and oxygen atoms in total. The molecule has 5 heteroatoms. The van der Waals surface area contributed by atoms with Gasteiger partial charge in [-0.1, -0.05) is 13.8 Å². The molecule has 0 radical (unpaired) electrons. The quantitative estimate of drug-likeness (QED) is 0.668. The molecule has 0 spiro atoms. The lowest BCUT2D eigenvalue weighted by atomic mass is 10.1. The highest BCUT2D eigenvalue weighted by Gasteiger charge is 2.22. The van der Waals surface area contributed by atoms with E-state index in [9.17, 15) is 9.59 Å². The highest BCUT2D eigenvalue weighted by Crippen LogP contribution is 2.03. The smallest absolute Gasteiger partial charge is 0.308 e. The van der Waals surface area contributed by atoms with Crippen molar-refractivity contribution in [1.29, 1.82) is 0 Å². The Hall–Kier alpha value is -1.10. The monoisotopic (exact) mass is 216 g/mol. The van der Waals surface area contributed by atoms with Crippen molar-refractivity contribution in [2.45, 2.75) is 33.2 Å². The van der Waals surface area contributed by atoms with Crippen LogP contribution in [0.25, 0.3) is 0 Å². The van der Waals surface area contributed by atoms with Crippen LogP contribution in [-0.4, -0.2) is 41.0 Å². The van der Waals surface area contributed by atoms with Crippen molar-refractivity contribution in [3.63, 3.8) is 0 Å². The minimum Gasteiger partial charge on any atom is -0.481 e. The zero-order valence-electron chi connectivity index (χ0n) is 9.56. The maximum absolute atomic E-state index is 11.7. The van der Waals surface area contributed by atoms with Gasteiger partial charge in [0.05, 0.1) is 12.0 Å². The summed E-state index contributed by atoms with van der Waals surface area (Å²) in [5.74, 6) is -1.63. The Morgan fingerprint density at radius 3 is 2.27 bits per heavy atom. The number of nitrogens with zero attached hydrogens (tertiary/aromatic N) is 1. The number of hydrogen-bond acceptors (Lipinski definition) is 3. The molecule has 0 saturated carbocycles. The van der Waals surface area contributed by atoms with E-state index in [1.54, 1.807) is 6.92 Å². The maximum Gasteiger partial charge on any atom is 0.308 e. The Morgan fingerprint density at radius 1 is 1.40 bits per heavy atom. The molecule has 15 heavy (non-hydrogen) atoms. The Labute approximate surface area is 90.2 Å². The second-order valence-corrected chi connectivity index (χ2v) is 3.63. The molecule has 0 saturated heterocycles. The van der Waals surface area contributed by atoms with Crippen LogP contribution in [0.2, 0.25) is 0 Å². The largest absolute Gasteiger partial charge is 0.481 e. The standard InChI is InChI=1S/C10H20N2O3/c1-4-8(11)9(13)12(5-2)6-7(3)10(14)15/h7-8H,4-6,11H2,1-3H3,(H,14,15)/t7?,8-/m0/s1. The van der Waals surface area contributed by atoms with Gasteiger partial charge in [0, 0.05) is 13.1 Å². The van der Waals surface area contributed by atoms with Crippen LogP contribution in [0.1, 0.15) is 27.2 Å². The zero-order valence-corrected chi connectivity index (χ0v) is 9.56. The fraction of sp³-hybridized carbons (Fsp3) is 0.800. The Balaban J connectivity index is 4.36. The summed E-state index contributed by atoms with van der Waals surface area (Å²) in [5, 5.41) is 8.73. The first-order chi connectivity index (χ1) is 6.93. The zero-order chi connectivity index (χ0) is 12.0. The molecule has 0 heterocycles. The number of aliphatic carboxylic acids is 1. The number of rotatable bonds is 6. The van der Waals surface area contributed by atoms with E-state index in [1.807, 2.05) is 13.8 Å². The normalized spacial score (nSPS) is 14.4. The molecule has 0 aliphatic carbocycles. The summed E-state index contributed by atoms with van der Waals surface area (Å²) in [5.41, 5.74) is 5.61. The molecule has 88 valence electrons. The molecule has 1 amide bonds. The molecule has 0 aliphatic heterocycles. The van der Waals surface area contributed by atoms with Crippen LogP contribution in [0.15, 0.2) is 0 Å². The van der Waals surface area contributed by atoms with Gasteiger partial charge in [0.2, 0.25) is 5.91 Å². The summed E-state index contributed by atoms with van der Waals surface area (Å²) in [6, 6.07) is -0.522. The molecule has 0 fully saturated rings. The summed E-state index contributed by atoms with van der Waals surface area (Å²) in [7, 11) is 0. The van der Waals surface area contributed by atoms with Gasteiger partial charge in [-0.25, -0.2) is 0 Å². The van der Waals surface area contributed by atoms with Gasteiger partial charge >= 0.3 is 5.97 Å².